The second kappa shape index (κ2) is 7.60. The Kier molecular flexibility index (Phi) is 4.91. The molecule has 0 spiro atoms. The molecule has 5 nitrogen and oxygen atoms in total. The molecule has 4 aromatic rings. The van der Waals surface area contributed by atoms with Crippen LogP contribution in [0.25, 0.3) is 20.4 Å². The molecule has 0 bridgehead atoms. The van der Waals surface area contributed by atoms with E-state index in [0.29, 0.717) is 19.1 Å². The van der Waals surface area contributed by atoms with Crippen molar-refractivity contribution in [2.45, 2.75) is 58.8 Å². The predicted octanol–water partition coefficient (Wildman–Crippen LogP) is 5.62. The van der Waals surface area contributed by atoms with Crippen LogP contribution < -0.4 is 4.74 Å². The van der Waals surface area contributed by atoms with Gasteiger partial charge in [-0.05, 0) is 31.4 Å². The lowest BCUT2D eigenvalue weighted by atomic mass is 9.88. The van der Waals surface area contributed by atoms with Gasteiger partial charge in [0.1, 0.15) is 22.5 Å². The van der Waals surface area contributed by atoms with Crippen LogP contribution in [0.5, 0.6) is 5.88 Å². The summed E-state index contributed by atoms with van der Waals surface area (Å²) in [5.41, 5.74) is 5.59. The highest BCUT2D eigenvalue weighted by Gasteiger charge is 2.31. The first kappa shape index (κ1) is 19.4. The first-order valence-electron chi connectivity index (χ1n) is 10.4. The van der Waals surface area contributed by atoms with Crippen LogP contribution in [0.2, 0.25) is 0 Å². The number of thiophene rings is 1. The monoisotopic (exact) mass is 419 g/mol. The van der Waals surface area contributed by atoms with Gasteiger partial charge >= 0.3 is 0 Å². The smallest absolute Gasteiger partial charge is 0.235 e. The van der Waals surface area contributed by atoms with Crippen molar-refractivity contribution in [3.63, 3.8) is 0 Å². The van der Waals surface area contributed by atoms with E-state index < -0.39 is 0 Å². The Morgan fingerprint density at radius 3 is 2.77 bits per heavy atom. The van der Waals surface area contributed by atoms with Crippen LogP contribution >= 0.6 is 11.3 Å². The summed E-state index contributed by atoms with van der Waals surface area (Å²) in [5, 5.41) is 1.15. The fraction of sp³-hybridized carbons (Fsp3) is 0.375. The van der Waals surface area contributed by atoms with Gasteiger partial charge in [0.15, 0.2) is 0 Å². The highest BCUT2D eigenvalue weighted by molar-refractivity contribution is 7.25. The maximum atomic E-state index is 6.13. The number of benzene rings is 1. The summed E-state index contributed by atoms with van der Waals surface area (Å²) in [6.45, 7) is 7.59. The van der Waals surface area contributed by atoms with Crippen molar-refractivity contribution in [3.05, 3.63) is 59.0 Å². The zero-order chi connectivity index (χ0) is 20.7. The molecule has 0 radical (unpaired) electrons. The van der Waals surface area contributed by atoms with Crippen molar-refractivity contribution in [2.75, 3.05) is 0 Å². The summed E-state index contributed by atoms with van der Waals surface area (Å²) in [5.74, 6) is 0.629. The lowest BCUT2D eigenvalue weighted by molar-refractivity contribution is -0.0401. The van der Waals surface area contributed by atoms with Gasteiger partial charge in [-0.2, -0.15) is 0 Å². The van der Waals surface area contributed by atoms with Crippen molar-refractivity contribution in [1.29, 1.82) is 0 Å². The predicted molar refractivity (Wildman–Crippen MR) is 120 cm³/mol. The van der Waals surface area contributed by atoms with Gasteiger partial charge in [-0.3, -0.25) is 0 Å². The molecule has 4 heterocycles. The van der Waals surface area contributed by atoms with Gasteiger partial charge < -0.3 is 9.47 Å². The van der Waals surface area contributed by atoms with Crippen molar-refractivity contribution in [1.82, 2.24) is 15.0 Å². The number of rotatable bonds is 5. The molecule has 30 heavy (non-hydrogen) atoms. The van der Waals surface area contributed by atoms with E-state index in [0.717, 1.165) is 51.0 Å². The molecular formula is C24H25N3O2S. The fourth-order valence-electron chi connectivity index (χ4n) is 4.12. The van der Waals surface area contributed by atoms with E-state index in [9.17, 15) is 0 Å². The summed E-state index contributed by atoms with van der Waals surface area (Å²) in [6, 6.07) is 10.2. The van der Waals surface area contributed by atoms with Gasteiger partial charge in [0.2, 0.25) is 5.88 Å². The van der Waals surface area contributed by atoms with Gasteiger partial charge in [-0.15, -0.1) is 11.3 Å². The zero-order valence-electron chi connectivity index (χ0n) is 17.6. The third-order valence-electron chi connectivity index (χ3n) is 5.59. The maximum absolute atomic E-state index is 6.13. The molecule has 154 valence electrons. The number of fused-ring (bicyclic) bond motifs is 5. The standard InChI is InChI=1S/C24H25N3O2S/c1-4-8-18-17-13-29-24(2,3)11-16(17)19-20-21(30-23(19)27-18)22(26-14-25-20)28-12-15-9-6-5-7-10-15/h5-7,9-10,14H,4,8,11-13H2,1-3H3. The largest absolute Gasteiger partial charge is 0.472 e. The van der Waals surface area contributed by atoms with Crippen molar-refractivity contribution < 1.29 is 9.47 Å². The second-order valence-electron chi connectivity index (χ2n) is 8.40. The Balaban J connectivity index is 1.65. The Morgan fingerprint density at radius 2 is 1.97 bits per heavy atom. The zero-order valence-corrected chi connectivity index (χ0v) is 18.4. The van der Waals surface area contributed by atoms with Gasteiger partial charge in [0, 0.05) is 23.1 Å². The van der Waals surface area contributed by atoms with Gasteiger partial charge in [0.25, 0.3) is 0 Å². The lowest BCUT2D eigenvalue weighted by Gasteiger charge is -2.33. The van der Waals surface area contributed by atoms with Crippen LogP contribution in [-0.2, 0) is 30.8 Å². The van der Waals surface area contributed by atoms with Crippen molar-refractivity contribution >= 4 is 31.8 Å². The SMILES string of the molecule is CCCc1nc2sc3c(OCc4ccccc4)ncnc3c2c2c1COC(C)(C)C2. The summed E-state index contributed by atoms with van der Waals surface area (Å²) in [4.78, 5) is 15.2. The third kappa shape index (κ3) is 3.44. The summed E-state index contributed by atoms with van der Waals surface area (Å²) in [7, 11) is 0. The minimum absolute atomic E-state index is 0.196. The van der Waals surface area contributed by atoms with E-state index in [-0.39, 0.29) is 5.60 Å². The van der Waals surface area contributed by atoms with E-state index in [4.69, 9.17) is 14.5 Å². The molecule has 1 aliphatic heterocycles. The van der Waals surface area contributed by atoms with Crippen LogP contribution in [0.3, 0.4) is 0 Å². The number of nitrogens with zero attached hydrogens (tertiary/aromatic N) is 3. The van der Waals surface area contributed by atoms with Crippen molar-refractivity contribution in [3.8, 4) is 5.88 Å². The second-order valence-corrected chi connectivity index (χ2v) is 9.40. The molecule has 1 aliphatic rings. The maximum Gasteiger partial charge on any atom is 0.235 e. The van der Waals surface area contributed by atoms with E-state index in [1.807, 2.05) is 18.2 Å². The minimum Gasteiger partial charge on any atom is -0.472 e. The van der Waals surface area contributed by atoms with E-state index in [2.05, 4.69) is 42.9 Å². The molecule has 0 unspecified atom stereocenters. The average molecular weight is 420 g/mol. The summed E-state index contributed by atoms with van der Waals surface area (Å²) >= 11 is 1.63. The molecule has 0 atom stereocenters. The number of pyridine rings is 1. The number of ether oxygens (including phenoxy) is 2. The Labute approximate surface area is 180 Å². The number of hydrogen-bond acceptors (Lipinski definition) is 6. The first-order chi connectivity index (χ1) is 14.6. The van der Waals surface area contributed by atoms with Crippen molar-refractivity contribution in [2.24, 2.45) is 0 Å². The molecule has 1 aromatic carbocycles. The van der Waals surface area contributed by atoms with Crippen LogP contribution in [0.1, 0.15) is 49.6 Å². The van der Waals surface area contributed by atoms with Crippen LogP contribution in [0.15, 0.2) is 36.7 Å². The lowest BCUT2D eigenvalue weighted by Crippen LogP contribution is -2.32. The number of aryl methyl sites for hydroxylation is 1. The van der Waals surface area contributed by atoms with Crippen LogP contribution in [0.4, 0.5) is 0 Å². The highest BCUT2D eigenvalue weighted by Crippen LogP contribution is 2.42. The van der Waals surface area contributed by atoms with Gasteiger partial charge in [-0.1, -0.05) is 43.7 Å². The molecule has 6 heteroatoms. The van der Waals surface area contributed by atoms with Crippen LogP contribution in [-0.4, -0.2) is 20.6 Å². The molecular weight excluding hydrogens is 394 g/mol. The average Bonchev–Trinajstić information content (AvgIpc) is 3.11. The van der Waals surface area contributed by atoms with E-state index in [1.54, 1.807) is 17.7 Å². The molecule has 0 N–H and O–H groups in total. The topological polar surface area (TPSA) is 57.1 Å². The molecule has 0 aliphatic carbocycles. The Hall–Kier alpha value is -2.57. The van der Waals surface area contributed by atoms with E-state index in [1.165, 1.54) is 11.1 Å². The molecule has 0 fully saturated rings. The number of hydrogen-bond donors (Lipinski definition) is 0. The molecule has 0 saturated carbocycles. The fourth-order valence-corrected chi connectivity index (χ4v) is 5.25. The molecule has 5 rings (SSSR count). The first-order valence-corrected chi connectivity index (χ1v) is 11.3. The van der Waals surface area contributed by atoms with Gasteiger partial charge in [-0.25, -0.2) is 15.0 Å². The van der Waals surface area contributed by atoms with Crippen LogP contribution in [0, 0.1) is 0 Å². The third-order valence-corrected chi connectivity index (χ3v) is 6.65. The minimum atomic E-state index is -0.196. The van der Waals surface area contributed by atoms with Gasteiger partial charge in [0.05, 0.1) is 17.7 Å². The Morgan fingerprint density at radius 1 is 1.13 bits per heavy atom. The summed E-state index contributed by atoms with van der Waals surface area (Å²) < 4.78 is 13.2. The molecule has 0 amide bonds. The molecule has 3 aromatic heterocycles. The quantitative estimate of drug-likeness (QED) is 0.420. The number of aromatic nitrogens is 3. The molecule has 0 saturated heterocycles. The normalized spacial score (nSPS) is 15.4. The highest BCUT2D eigenvalue weighted by atomic mass is 32.1. The Bertz CT molecular complexity index is 1220. The van der Waals surface area contributed by atoms with E-state index >= 15 is 0 Å². The summed E-state index contributed by atoms with van der Waals surface area (Å²) in [6.07, 6.45) is 4.48.